The van der Waals surface area contributed by atoms with Crippen LogP contribution in [0.5, 0.6) is 11.5 Å². The highest BCUT2D eigenvalue weighted by Crippen LogP contribution is 2.35. The summed E-state index contributed by atoms with van der Waals surface area (Å²) in [7, 11) is 3.10. The van der Waals surface area contributed by atoms with Crippen LogP contribution in [-0.4, -0.2) is 39.1 Å². The number of methoxy groups -OCH3 is 2. The van der Waals surface area contributed by atoms with Crippen molar-refractivity contribution in [3.63, 3.8) is 0 Å². The highest BCUT2D eigenvalue weighted by Gasteiger charge is 2.18. The molecule has 0 aliphatic heterocycles. The molecule has 0 aliphatic carbocycles. The number of nitrogens with zero attached hydrogens (tertiary/aromatic N) is 4. The second kappa shape index (κ2) is 9.09. The fourth-order valence-corrected chi connectivity index (χ4v) is 3.66. The van der Waals surface area contributed by atoms with Crippen LogP contribution in [0.15, 0.2) is 40.9 Å². The predicted molar refractivity (Wildman–Crippen MR) is 119 cm³/mol. The van der Waals surface area contributed by atoms with E-state index in [-0.39, 0.29) is 0 Å². The molecule has 0 spiro atoms. The van der Waals surface area contributed by atoms with Gasteiger partial charge in [-0.05, 0) is 36.5 Å². The van der Waals surface area contributed by atoms with Crippen LogP contribution in [-0.2, 0) is 12.8 Å². The predicted octanol–water partition coefficient (Wildman–Crippen LogP) is 5.09. The van der Waals surface area contributed by atoms with Gasteiger partial charge in [0, 0.05) is 35.6 Å². The molecule has 2 heterocycles. The van der Waals surface area contributed by atoms with Crippen LogP contribution in [0.4, 0.5) is 0 Å². The quantitative estimate of drug-likeness (QED) is 0.370. The molecule has 0 atom stereocenters. The number of aromatic amines is 1. The van der Waals surface area contributed by atoms with Crippen LogP contribution in [0.3, 0.4) is 0 Å². The Morgan fingerprint density at radius 1 is 1.06 bits per heavy atom. The average Bonchev–Trinajstić information content (AvgIpc) is 3.39. The van der Waals surface area contributed by atoms with Gasteiger partial charge < -0.3 is 14.0 Å². The van der Waals surface area contributed by atoms with Crippen molar-refractivity contribution in [2.45, 2.75) is 12.8 Å². The summed E-state index contributed by atoms with van der Waals surface area (Å²) in [4.78, 5) is 4.45. The Balaban J connectivity index is 1.60. The van der Waals surface area contributed by atoms with E-state index >= 15 is 0 Å². The molecule has 0 aliphatic rings. The standard InChI is InChI=1S/C20H17Cl2N5O3S/c1-28-15-10-14(16(29-2)9-13(15)22)27-17(24-25-20(27)31)7-8-18-23-19(26-30-18)11-3-5-12(21)6-4-11/h3-6,9-10H,7-8H2,1-2H3,(H,25,31). The van der Waals surface area contributed by atoms with Crippen molar-refractivity contribution < 1.29 is 14.0 Å². The minimum atomic E-state index is 0.407. The first-order chi connectivity index (χ1) is 15.0. The zero-order chi connectivity index (χ0) is 22.0. The fraction of sp³-hybridized carbons (Fsp3) is 0.200. The van der Waals surface area contributed by atoms with Crippen molar-refractivity contribution in [2.75, 3.05) is 14.2 Å². The lowest BCUT2D eigenvalue weighted by Gasteiger charge is -2.14. The van der Waals surface area contributed by atoms with Crippen LogP contribution in [0.2, 0.25) is 10.0 Å². The lowest BCUT2D eigenvalue weighted by Crippen LogP contribution is -2.06. The third-order valence-corrected chi connectivity index (χ3v) is 5.39. The maximum atomic E-state index is 6.23. The van der Waals surface area contributed by atoms with Crippen molar-refractivity contribution in [3.8, 4) is 28.6 Å². The topological polar surface area (TPSA) is 91.0 Å². The molecular weight excluding hydrogens is 461 g/mol. The number of ether oxygens (including phenoxy) is 2. The van der Waals surface area contributed by atoms with E-state index in [1.807, 2.05) is 12.1 Å². The van der Waals surface area contributed by atoms with Crippen LogP contribution in [0, 0.1) is 4.77 Å². The molecule has 0 amide bonds. The van der Waals surface area contributed by atoms with Crippen LogP contribution < -0.4 is 9.47 Å². The Bertz CT molecular complexity index is 1270. The molecule has 0 radical (unpaired) electrons. The number of halogens is 2. The lowest BCUT2D eigenvalue weighted by atomic mass is 10.2. The number of rotatable bonds is 7. The van der Waals surface area contributed by atoms with Gasteiger partial charge in [-0.25, -0.2) is 0 Å². The van der Waals surface area contributed by atoms with Gasteiger partial charge in [-0.2, -0.15) is 10.1 Å². The van der Waals surface area contributed by atoms with E-state index in [1.165, 1.54) is 0 Å². The molecule has 2 aromatic carbocycles. The Morgan fingerprint density at radius 2 is 1.81 bits per heavy atom. The molecular formula is C20H17Cl2N5O3S. The number of benzene rings is 2. The van der Waals surface area contributed by atoms with Crippen LogP contribution in [0.25, 0.3) is 17.1 Å². The second-order valence-corrected chi connectivity index (χ2v) is 7.69. The normalized spacial score (nSPS) is 11.0. The number of nitrogens with one attached hydrogen (secondary N) is 1. The molecule has 31 heavy (non-hydrogen) atoms. The first-order valence-electron chi connectivity index (χ1n) is 9.17. The molecule has 8 nitrogen and oxygen atoms in total. The third kappa shape index (κ3) is 4.43. The Morgan fingerprint density at radius 3 is 2.52 bits per heavy atom. The summed E-state index contributed by atoms with van der Waals surface area (Å²) in [6.45, 7) is 0. The maximum Gasteiger partial charge on any atom is 0.227 e. The smallest absolute Gasteiger partial charge is 0.227 e. The summed E-state index contributed by atoms with van der Waals surface area (Å²) in [6.07, 6.45) is 0.955. The second-order valence-electron chi connectivity index (χ2n) is 6.46. The first-order valence-corrected chi connectivity index (χ1v) is 10.3. The van der Waals surface area contributed by atoms with E-state index < -0.39 is 0 Å². The summed E-state index contributed by atoms with van der Waals surface area (Å²) < 4.78 is 18.4. The van der Waals surface area contributed by atoms with Gasteiger partial charge in [0.05, 0.1) is 24.9 Å². The molecule has 2 aromatic heterocycles. The zero-order valence-electron chi connectivity index (χ0n) is 16.6. The number of hydrogen-bond donors (Lipinski definition) is 1. The number of aryl methyl sites for hydroxylation is 2. The average molecular weight is 478 g/mol. The number of hydrogen-bond acceptors (Lipinski definition) is 7. The monoisotopic (exact) mass is 477 g/mol. The molecule has 4 rings (SSSR count). The molecule has 0 saturated carbocycles. The number of aromatic nitrogens is 5. The molecule has 0 unspecified atom stereocenters. The van der Waals surface area contributed by atoms with Crippen molar-refractivity contribution >= 4 is 35.4 Å². The largest absolute Gasteiger partial charge is 0.495 e. The molecule has 0 fully saturated rings. The molecule has 11 heteroatoms. The van der Waals surface area contributed by atoms with E-state index in [4.69, 9.17) is 49.4 Å². The van der Waals surface area contributed by atoms with Crippen LogP contribution >= 0.6 is 35.4 Å². The van der Waals surface area contributed by atoms with E-state index in [0.717, 1.165) is 5.56 Å². The van der Waals surface area contributed by atoms with Gasteiger partial charge in [-0.1, -0.05) is 28.4 Å². The molecule has 1 N–H and O–H groups in total. The van der Waals surface area contributed by atoms with Gasteiger partial charge in [0.2, 0.25) is 11.7 Å². The Kier molecular flexibility index (Phi) is 6.26. The fourth-order valence-electron chi connectivity index (χ4n) is 3.06. The van der Waals surface area contributed by atoms with Crippen LogP contribution in [0.1, 0.15) is 11.7 Å². The summed E-state index contributed by atoms with van der Waals surface area (Å²) in [5, 5.41) is 12.3. The Hall–Kier alpha value is -2.88. The van der Waals surface area contributed by atoms with E-state index in [0.29, 0.717) is 62.4 Å². The summed E-state index contributed by atoms with van der Waals surface area (Å²) >= 11 is 17.6. The third-order valence-electron chi connectivity index (χ3n) is 4.57. The molecule has 0 saturated heterocycles. The summed E-state index contributed by atoms with van der Waals surface area (Å²) in [5.74, 6) is 2.67. The number of H-pyrrole nitrogens is 1. The Labute approximate surface area is 192 Å². The summed E-state index contributed by atoms with van der Waals surface area (Å²) in [5.41, 5.74) is 1.48. The van der Waals surface area contributed by atoms with Gasteiger partial charge >= 0.3 is 0 Å². The van der Waals surface area contributed by atoms with Crippen molar-refractivity contribution in [1.82, 2.24) is 24.9 Å². The highest BCUT2D eigenvalue weighted by molar-refractivity contribution is 7.71. The van der Waals surface area contributed by atoms with Crippen molar-refractivity contribution in [3.05, 3.63) is 62.9 Å². The first kappa shape index (κ1) is 21.4. The van der Waals surface area contributed by atoms with Crippen molar-refractivity contribution in [2.24, 2.45) is 0 Å². The van der Waals surface area contributed by atoms with E-state index in [2.05, 4.69) is 20.3 Å². The minimum Gasteiger partial charge on any atom is -0.495 e. The molecule has 160 valence electrons. The summed E-state index contributed by atoms with van der Waals surface area (Å²) in [6, 6.07) is 10.6. The lowest BCUT2D eigenvalue weighted by molar-refractivity contribution is 0.377. The zero-order valence-corrected chi connectivity index (χ0v) is 18.9. The van der Waals surface area contributed by atoms with Gasteiger partial charge in [0.25, 0.3) is 0 Å². The van der Waals surface area contributed by atoms with Crippen molar-refractivity contribution in [1.29, 1.82) is 0 Å². The minimum absolute atomic E-state index is 0.407. The highest BCUT2D eigenvalue weighted by atomic mass is 35.5. The molecule has 0 bridgehead atoms. The van der Waals surface area contributed by atoms with E-state index in [1.54, 1.807) is 43.1 Å². The van der Waals surface area contributed by atoms with Gasteiger partial charge in [-0.3, -0.25) is 9.67 Å². The van der Waals surface area contributed by atoms with Gasteiger partial charge in [0.15, 0.2) is 4.77 Å². The SMILES string of the molecule is COc1cc(-n2c(CCc3nc(-c4ccc(Cl)cc4)no3)n[nH]c2=S)c(OC)cc1Cl. The van der Waals surface area contributed by atoms with Gasteiger partial charge in [-0.15, -0.1) is 0 Å². The van der Waals surface area contributed by atoms with Gasteiger partial charge in [0.1, 0.15) is 17.3 Å². The maximum absolute atomic E-state index is 6.23. The van der Waals surface area contributed by atoms with E-state index in [9.17, 15) is 0 Å². The molecule has 4 aromatic rings.